The summed E-state index contributed by atoms with van der Waals surface area (Å²) in [4.78, 5) is 20.4. The number of carboxylic acids is 1. The zero-order chi connectivity index (χ0) is 14.8. The van der Waals surface area contributed by atoms with E-state index in [-0.39, 0.29) is 10.5 Å². The Hall–Kier alpha value is -1.44. The van der Waals surface area contributed by atoms with Gasteiger partial charge < -0.3 is 10.8 Å². The highest BCUT2D eigenvalue weighted by atomic mass is 35.5. The summed E-state index contributed by atoms with van der Waals surface area (Å²) >= 11 is 5.68. The standard InChI is InChI=1S/C11H12ClNO5S/c1-19(17,18)8-4-2-7(3-5-8)10(16)11(12,13)6-9(14)15/h2-5H,6,13H2,1H3,(H,14,15). The Bertz CT molecular complexity index is 606. The smallest absolute Gasteiger partial charge is 0.306 e. The molecule has 19 heavy (non-hydrogen) atoms. The summed E-state index contributed by atoms with van der Waals surface area (Å²) in [6.07, 6.45) is 0.296. The molecule has 6 nitrogen and oxygen atoms in total. The van der Waals surface area contributed by atoms with Crippen molar-refractivity contribution >= 4 is 33.2 Å². The van der Waals surface area contributed by atoms with Crippen LogP contribution in [0.1, 0.15) is 16.8 Å². The molecule has 3 N–H and O–H groups in total. The zero-order valence-corrected chi connectivity index (χ0v) is 11.5. The Morgan fingerprint density at radius 3 is 2.16 bits per heavy atom. The molecule has 0 radical (unpaired) electrons. The molecule has 0 fully saturated rings. The number of alkyl halides is 1. The molecule has 1 unspecified atom stereocenters. The lowest BCUT2D eigenvalue weighted by molar-refractivity contribution is -0.137. The minimum Gasteiger partial charge on any atom is -0.481 e. The van der Waals surface area contributed by atoms with Gasteiger partial charge in [-0.15, -0.1) is 0 Å². The minimum atomic E-state index is -3.37. The summed E-state index contributed by atoms with van der Waals surface area (Å²) in [7, 11) is -3.37. The molecule has 0 aliphatic rings. The molecule has 1 aromatic rings. The van der Waals surface area contributed by atoms with Crippen LogP contribution in [0.4, 0.5) is 0 Å². The number of hydrogen-bond acceptors (Lipinski definition) is 5. The van der Waals surface area contributed by atoms with E-state index in [1.807, 2.05) is 0 Å². The molecule has 0 saturated heterocycles. The van der Waals surface area contributed by atoms with Gasteiger partial charge in [-0.2, -0.15) is 0 Å². The molecular formula is C11H12ClNO5S. The van der Waals surface area contributed by atoms with Gasteiger partial charge in [0.15, 0.2) is 20.6 Å². The molecule has 0 bridgehead atoms. The number of hydrogen-bond donors (Lipinski definition) is 2. The van der Waals surface area contributed by atoms with Crippen molar-refractivity contribution in [3.05, 3.63) is 29.8 Å². The van der Waals surface area contributed by atoms with Gasteiger partial charge in [0.2, 0.25) is 0 Å². The third kappa shape index (κ3) is 4.02. The van der Waals surface area contributed by atoms with Crippen LogP contribution in [0.5, 0.6) is 0 Å². The molecule has 1 rings (SSSR count). The fraction of sp³-hybridized carbons (Fsp3) is 0.273. The minimum absolute atomic E-state index is 0.0412. The van der Waals surface area contributed by atoms with Gasteiger partial charge in [-0.05, 0) is 24.3 Å². The van der Waals surface area contributed by atoms with Crippen molar-refractivity contribution < 1.29 is 23.1 Å². The molecule has 1 aromatic carbocycles. The van der Waals surface area contributed by atoms with Gasteiger partial charge in [-0.3, -0.25) is 9.59 Å². The Morgan fingerprint density at radius 1 is 1.32 bits per heavy atom. The largest absolute Gasteiger partial charge is 0.481 e. The number of nitrogens with two attached hydrogens (primary N) is 1. The fourth-order valence-electron chi connectivity index (χ4n) is 1.39. The van der Waals surface area contributed by atoms with Gasteiger partial charge in [0.1, 0.15) is 0 Å². The number of carbonyl (C=O) groups excluding carboxylic acids is 1. The quantitative estimate of drug-likeness (QED) is 0.469. The topological polar surface area (TPSA) is 115 Å². The highest BCUT2D eigenvalue weighted by Crippen LogP contribution is 2.21. The molecule has 0 aromatic heterocycles. The van der Waals surface area contributed by atoms with Crippen LogP contribution in [0, 0.1) is 0 Å². The van der Waals surface area contributed by atoms with Crippen LogP contribution in [0.15, 0.2) is 29.2 Å². The summed E-state index contributed by atoms with van der Waals surface area (Å²) in [5, 5.41) is 8.60. The van der Waals surface area contributed by atoms with E-state index in [4.69, 9.17) is 22.4 Å². The number of benzene rings is 1. The summed E-state index contributed by atoms with van der Waals surface area (Å²) in [5.41, 5.74) is 5.48. The molecule has 104 valence electrons. The first-order valence-corrected chi connectivity index (χ1v) is 7.35. The Labute approximate surface area is 115 Å². The van der Waals surface area contributed by atoms with Gasteiger partial charge in [0.05, 0.1) is 11.3 Å². The number of carbonyl (C=O) groups is 2. The van der Waals surface area contributed by atoms with Crippen molar-refractivity contribution in [2.24, 2.45) is 5.73 Å². The first-order valence-electron chi connectivity index (χ1n) is 5.08. The third-order valence-electron chi connectivity index (χ3n) is 2.33. The number of ketones is 1. The normalized spacial score (nSPS) is 14.7. The van der Waals surface area contributed by atoms with Crippen molar-refractivity contribution in [2.45, 2.75) is 16.3 Å². The lowest BCUT2D eigenvalue weighted by atomic mass is 10.0. The number of rotatable bonds is 5. The molecule has 0 saturated carbocycles. The van der Waals surface area contributed by atoms with Crippen LogP contribution < -0.4 is 5.73 Å². The summed E-state index contributed by atoms with van der Waals surface area (Å²) in [5.74, 6) is -2.09. The predicted molar refractivity (Wildman–Crippen MR) is 68.9 cm³/mol. The van der Waals surface area contributed by atoms with Crippen molar-refractivity contribution in [3.8, 4) is 0 Å². The Morgan fingerprint density at radius 2 is 1.79 bits per heavy atom. The third-order valence-corrected chi connectivity index (χ3v) is 3.76. The predicted octanol–water partition coefficient (Wildman–Crippen LogP) is 0.641. The Balaban J connectivity index is 3.05. The van der Waals surface area contributed by atoms with Crippen molar-refractivity contribution in [2.75, 3.05) is 6.26 Å². The van der Waals surface area contributed by atoms with Crippen LogP contribution in [-0.2, 0) is 14.6 Å². The fourth-order valence-corrected chi connectivity index (χ4v) is 2.25. The summed E-state index contributed by atoms with van der Waals surface area (Å²) < 4.78 is 22.5. The maximum Gasteiger partial charge on any atom is 0.306 e. The van der Waals surface area contributed by atoms with Crippen molar-refractivity contribution in [1.29, 1.82) is 0 Å². The van der Waals surface area contributed by atoms with E-state index >= 15 is 0 Å². The average molecular weight is 306 g/mol. The maximum atomic E-state index is 11.9. The van der Waals surface area contributed by atoms with E-state index in [0.717, 1.165) is 6.26 Å². The van der Waals surface area contributed by atoms with E-state index in [1.165, 1.54) is 24.3 Å². The number of carboxylic acid groups (broad SMARTS) is 1. The van der Waals surface area contributed by atoms with Gasteiger partial charge in [-0.25, -0.2) is 8.42 Å². The maximum absolute atomic E-state index is 11.9. The average Bonchev–Trinajstić information content (AvgIpc) is 2.25. The Kier molecular flexibility index (Phi) is 4.34. The van der Waals surface area contributed by atoms with Crippen LogP contribution in [0.2, 0.25) is 0 Å². The molecule has 0 heterocycles. The zero-order valence-electron chi connectivity index (χ0n) is 9.96. The molecule has 0 aliphatic heterocycles. The lowest BCUT2D eigenvalue weighted by Gasteiger charge is -2.18. The van der Waals surface area contributed by atoms with Gasteiger partial charge in [-0.1, -0.05) is 11.6 Å². The van der Waals surface area contributed by atoms with Crippen LogP contribution in [0.3, 0.4) is 0 Å². The number of Topliss-reactive ketones (excluding diaryl/α,β-unsaturated/α-hetero) is 1. The molecule has 0 amide bonds. The van der Waals surface area contributed by atoms with E-state index in [2.05, 4.69) is 0 Å². The van der Waals surface area contributed by atoms with Crippen molar-refractivity contribution in [3.63, 3.8) is 0 Å². The highest BCUT2D eigenvalue weighted by Gasteiger charge is 2.34. The second-order valence-electron chi connectivity index (χ2n) is 4.06. The number of sulfone groups is 1. The molecule has 1 atom stereocenters. The SMILES string of the molecule is CS(=O)(=O)c1ccc(C(=O)C(N)(Cl)CC(=O)O)cc1. The summed E-state index contributed by atoms with van der Waals surface area (Å²) in [6.45, 7) is 0. The number of halogens is 1. The van der Waals surface area contributed by atoms with E-state index in [9.17, 15) is 18.0 Å². The van der Waals surface area contributed by atoms with Crippen molar-refractivity contribution in [1.82, 2.24) is 0 Å². The molecule has 8 heteroatoms. The first-order chi connectivity index (χ1) is 8.54. The molecule has 0 aliphatic carbocycles. The van der Waals surface area contributed by atoms with Crippen LogP contribution in [-0.4, -0.2) is 36.5 Å². The molecule has 0 spiro atoms. The number of aliphatic carboxylic acids is 1. The lowest BCUT2D eigenvalue weighted by Crippen LogP contribution is -2.44. The highest BCUT2D eigenvalue weighted by molar-refractivity contribution is 7.90. The van der Waals surface area contributed by atoms with E-state index < -0.39 is 33.0 Å². The van der Waals surface area contributed by atoms with Gasteiger partial charge in [0, 0.05) is 11.8 Å². The first kappa shape index (κ1) is 15.6. The van der Waals surface area contributed by atoms with E-state index in [1.54, 1.807) is 0 Å². The second-order valence-corrected chi connectivity index (χ2v) is 6.75. The monoisotopic (exact) mass is 305 g/mol. The van der Waals surface area contributed by atoms with Crippen LogP contribution >= 0.6 is 11.6 Å². The van der Waals surface area contributed by atoms with Crippen LogP contribution in [0.25, 0.3) is 0 Å². The van der Waals surface area contributed by atoms with Gasteiger partial charge >= 0.3 is 5.97 Å². The van der Waals surface area contributed by atoms with Gasteiger partial charge in [0.25, 0.3) is 0 Å². The van der Waals surface area contributed by atoms with E-state index in [0.29, 0.717) is 0 Å². The summed E-state index contributed by atoms with van der Waals surface area (Å²) in [6, 6.07) is 4.95. The molecular weight excluding hydrogens is 294 g/mol. The second kappa shape index (κ2) is 5.28.